The van der Waals surface area contributed by atoms with Crippen LogP contribution >= 0.6 is 0 Å². The first kappa shape index (κ1) is 30.4. The van der Waals surface area contributed by atoms with Crippen molar-refractivity contribution in [2.45, 2.75) is 105 Å². The molecule has 0 aromatic heterocycles. The minimum Gasteiger partial charge on any atom is -0.444 e. The van der Waals surface area contributed by atoms with Crippen LogP contribution in [0.4, 0.5) is 4.79 Å². The Labute approximate surface area is 210 Å². The van der Waals surface area contributed by atoms with E-state index in [1.165, 1.54) is 4.90 Å². The number of benzene rings is 1. The predicted octanol–water partition coefficient (Wildman–Crippen LogP) is 4.16. The number of aliphatic hydroxyl groups excluding tert-OH is 1. The number of aliphatic hydroxyl groups is 1. The summed E-state index contributed by atoms with van der Waals surface area (Å²) in [5, 5.41) is 15.4. The molecule has 1 aromatic carbocycles. The number of amides is 3. The van der Waals surface area contributed by atoms with Crippen LogP contribution in [0.25, 0.3) is 0 Å². The van der Waals surface area contributed by atoms with E-state index in [4.69, 9.17) is 4.74 Å². The molecule has 3 N–H and O–H groups in total. The second-order valence-electron chi connectivity index (χ2n) is 10.4. The molecule has 1 rings (SSSR count). The lowest BCUT2D eigenvalue weighted by Crippen LogP contribution is -2.55. The van der Waals surface area contributed by atoms with Crippen LogP contribution in [0.1, 0.15) is 90.0 Å². The molecular formula is C27H45N3O5. The van der Waals surface area contributed by atoms with E-state index in [1.807, 2.05) is 45.9 Å². The normalized spacial score (nSPS) is 13.2. The molecule has 0 heterocycles. The second kappa shape index (κ2) is 14.1. The third-order valence-corrected chi connectivity index (χ3v) is 5.54. The summed E-state index contributed by atoms with van der Waals surface area (Å²) in [6, 6.07) is 3.44. The summed E-state index contributed by atoms with van der Waals surface area (Å²) in [6.07, 6.45) is 2.83. The molecule has 0 radical (unpaired) electrons. The highest BCUT2D eigenvalue weighted by Crippen LogP contribution is 2.26. The molecule has 0 bridgehead atoms. The van der Waals surface area contributed by atoms with Gasteiger partial charge in [-0.05, 0) is 71.6 Å². The van der Waals surface area contributed by atoms with E-state index in [1.54, 1.807) is 20.8 Å². The Morgan fingerprint density at radius 1 is 1.03 bits per heavy atom. The van der Waals surface area contributed by atoms with Crippen LogP contribution in [-0.2, 0) is 14.3 Å². The van der Waals surface area contributed by atoms with E-state index in [0.29, 0.717) is 18.5 Å². The standard InChI is InChI=1S/C27H45N3O5/c1-9-10-11-12-15-30(25(33)22(17-31)29-26(34)35-27(6,7)8)23(24(32)28-18(2)3)21-14-13-19(4)20(5)16-21/h13-14,16,18,22-23,31H,9-12,15,17H2,1-8H3,(H,28,32)(H,29,34). The number of ether oxygens (including phenoxy) is 1. The van der Waals surface area contributed by atoms with Crippen molar-refractivity contribution < 1.29 is 24.2 Å². The number of hydrogen-bond donors (Lipinski definition) is 3. The van der Waals surface area contributed by atoms with E-state index < -0.39 is 36.3 Å². The quantitative estimate of drug-likeness (QED) is 0.381. The summed E-state index contributed by atoms with van der Waals surface area (Å²) >= 11 is 0. The van der Waals surface area contributed by atoms with Gasteiger partial charge in [-0.1, -0.05) is 44.4 Å². The van der Waals surface area contributed by atoms with E-state index in [2.05, 4.69) is 17.6 Å². The summed E-state index contributed by atoms with van der Waals surface area (Å²) in [6.45, 7) is 14.6. The van der Waals surface area contributed by atoms with Gasteiger partial charge in [0.25, 0.3) is 0 Å². The zero-order valence-electron chi connectivity index (χ0n) is 22.7. The van der Waals surface area contributed by atoms with E-state index in [-0.39, 0.29) is 11.9 Å². The lowest BCUT2D eigenvalue weighted by molar-refractivity contribution is -0.143. The third-order valence-electron chi connectivity index (χ3n) is 5.54. The molecule has 35 heavy (non-hydrogen) atoms. The van der Waals surface area contributed by atoms with Gasteiger partial charge in [0.2, 0.25) is 11.8 Å². The van der Waals surface area contributed by atoms with Gasteiger partial charge < -0.3 is 25.4 Å². The number of carbonyl (C=O) groups excluding carboxylic acids is 3. The minimum absolute atomic E-state index is 0.123. The van der Waals surface area contributed by atoms with Crippen molar-refractivity contribution in [2.24, 2.45) is 0 Å². The van der Waals surface area contributed by atoms with Crippen molar-refractivity contribution in [1.82, 2.24) is 15.5 Å². The molecule has 0 aliphatic rings. The van der Waals surface area contributed by atoms with Gasteiger partial charge in [0.1, 0.15) is 17.7 Å². The monoisotopic (exact) mass is 491 g/mol. The fourth-order valence-electron chi connectivity index (χ4n) is 3.68. The first-order valence-electron chi connectivity index (χ1n) is 12.6. The topological polar surface area (TPSA) is 108 Å². The Bertz CT molecular complexity index is 848. The molecule has 1 aromatic rings. The summed E-state index contributed by atoms with van der Waals surface area (Å²) < 4.78 is 5.28. The molecule has 198 valence electrons. The summed E-state index contributed by atoms with van der Waals surface area (Å²) in [7, 11) is 0. The fraction of sp³-hybridized carbons (Fsp3) is 0.667. The van der Waals surface area contributed by atoms with Gasteiger partial charge in [0.15, 0.2) is 0 Å². The number of alkyl carbamates (subject to hydrolysis) is 1. The highest BCUT2D eigenvalue weighted by Gasteiger charge is 2.36. The molecule has 0 saturated heterocycles. The molecule has 8 heteroatoms. The Morgan fingerprint density at radius 2 is 1.69 bits per heavy atom. The highest BCUT2D eigenvalue weighted by atomic mass is 16.6. The molecule has 0 saturated carbocycles. The van der Waals surface area contributed by atoms with E-state index >= 15 is 0 Å². The van der Waals surface area contributed by atoms with Crippen LogP contribution in [-0.4, -0.2) is 58.8 Å². The van der Waals surface area contributed by atoms with Gasteiger partial charge in [-0.15, -0.1) is 0 Å². The average Bonchev–Trinajstić information content (AvgIpc) is 2.74. The van der Waals surface area contributed by atoms with Gasteiger partial charge in [0.05, 0.1) is 6.61 Å². The number of nitrogens with zero attached hydrogens (tertiary/aromatic N) is 1. The average molecular weight is 492 g/mol. The fourth-order valence-corrected chi connectivity index (χ4v) is 3.68. The maximum absolute atomic E-state index is 13.7. The number of aryl methyl sites for hydroxylation is 2. The number of rotatable bonds is 12. The molecule has 2 atom stereocenters. The summed E-state index contributed by atoms with van der Waals surface area (Å²) in [4.78, 5) is 41.0. The first-order chi connectivity index (χ1) is 16.3. The molecule has 0 aliphatic carbocycles. The molecule has 8 nitrogen and oxygen atoms in total. The highest BCUT2D eigenvalue weighted by molar-refractivity contribution is 5.92. The van der Waals surface area contributed by atoms with Crippen molar-refractivity contribution in [3.8, 4) is 0 Å². The van der Waals surface area contributed by atoms with Crippen molar-refractivity contribution >= 4 is 17.9 Å². The second-order valence-corrected chi connectivity index (χ2v) is 10.4. The zero-order chi connectivity index (χ0) is 26.8. The largest absolute Gasteiger partial charge is 0.444 e. The number of hydrogen-bond acceptors (Lipinski definition) is 5. The minimum atomic E-state index is -1.24. The van der Waals surface area contributed by atoms with Crippen LogP contribution in [0.5, 0.6) is 0 Å². The van der Waals surface area contributed by atoms with Crippen LogP contribution in [0, 0.1) is 13.8 Å². The van der Waals surface area contributed by atoms with Gasteiger partial charge in [-0.2, -0.15) is 0 Å². The van der Waals surface area contributed by atoms with E-state index in [9.17, 15) is 19.5 Å². The number of unbranched alkanes of at least 4 members (excludes halogenated alkanes) is 3. The summed E-state index contributed by atoms with van der Waals surface area (Å²) in [5.41, 5.74) is 2.02. The predicted molar refractivity (Wildman–Crippen MR) is 138 cm³/mol. The molecule has 0 aliphatic heterocycles. The number of carbonyl (C=O) groups is 3. The maximum atomic E-state index is 13.7. The lowest BCUT2D eigenvalue weighted by Gasteiger charge is -2.34. The van der Waals surface area contributed by atoms with E-state index in [0.717, 1.165) is 30.4 Å². The maximum Gasteiger partial charge on any atom is 0.408 e. The Morgan fingerprint density at radius 3 is 2.20 bits per heavy atom. The van der Waals surface area contributed by atoms with Gasteiger partial charge in [-0.25, -0.2) is 4.79 Å². The van der Waals surface area contributed by atoms with Crippen LogP contribution in [0.15, 0.2) is 18.2 Å². The third kappa shape index (κ3) is 10.3. The van der Waals surface area contributed by atoms with Gasteiger partial charge in [0, 0.05) is 12.6 Å². The molecule has 0 spiro atoms. The van der Waals surface area contributed by atoms with Crippen molar-refractivity contribution in [3.05, 3.63) is 34.9 Å². The molecule has 2 unspecified atom stereocenters. The van der Waals surface area contributed by atoms with Crippen LogP contribution in [0.3, 0.4) is 0 Å². The Balaban J connectivity index is 3.41. The molecular weight excluding hydrogens is 446 g/mol. The lowest BCUT2D eigenvalue weighted by atomic mass is 9.98. The van der Waals surface area contributed by atoms with Crippen LogP contribution in [0.2, 0.25) is 0 Å². The van der Waals surface area contributed by atoms with Gasteiger partial charge in [-0.3, -0.25) is 9.59 Å². The molecule has 0 fully saturated rings. The Hall–Kier alpha value is -2.61. The molecule has 3 amide bonds. The first-order valence-corrected chi connectivity index (χ1v) is 12.6. The zero-order valence-corrected chi connectivity index (χ0v) is 22.7. The number of nitrogens with one attached hydrogen (secondary N) is 2. The smallest absolute Gasteiger partial charge is 0.408 e. The van der Waals surface area contributed by atoms with Crippen molar-refractivity contribution in [3.63, 3.8) is 0 Å². The van der Waals surface area contributed by atoms with Crippen molar-refractivity contribution in [2.75, 3.05) is 13.2 Å². The summed E-state index contributed by atoms with van der Waals surface area (Å²) in [5.74, 6) is -0.835. The Kier molecular flexibility index (Phi) is 12.2. The van der Waals surface area contributed by atoms with Gasteiger partial charge >= 0.3 is 6.09 Å². The SMILES string of the molecule is CCCCCCN(C(=O)C(CO)NC(=O)OC(C)(C)C)C(C(=O)NC(C)C)c1ccc(C)c(C)c1. The van der Waals surface area contributed by atoms with Crippen molar-refractivity contribution in [1.29, 1.82) is 0 Å². The van der Waals surface area contributed by atoms with Crippen LogP contribution < -0.4 is 10.6 Å².